The Morgan fingerprint density at radius 1 is 1.50 bits per heavy atom. The fourth-order valence-electron chi connectivity index (χ4n) is 0.306. The number of halogens is 3. The van der Waals surface area contributed by atoms with Crippen LogP contribution in [0.1, 0.15) is 6.92 Å². The summed E-state index contributed by atoms with van der Waals surface area (Å²) in [4.78, 5) is 0. The van der Waals surface area contributed by atoms with Gasteiger partial charge in [-0.1, -0.05) is 6.58 Å². The van der Waals surface area contributed by atoms with Crippen molar-refractivity contribution in [1.29, 1.82) is 0 Å². The average molecular weight is 192 g/mol. The Labute approximate surface area is 64.5 Å². The fraction of sp³-hybridized carbons (Fsp3) is 0.500. The molecule has 8 heavy (non-hydrogen) atoms. The summed E-state index contributed by atoms with van der Waals surface area (Å²) >= 11 is 16.5. The minimum atomic E-state index is -2.15. The van der Waals surface area contributed by atoms with Crippen molar-refractivity contribution in [2.45, 2.75) is 6.92 Å². The Morgan fingerprint density at radius 2 is 1.88 bits per heavy atom. The molecule has 0 aliphatic carbocycles. The molecule has 0 atom stereocenters. The first-order valence-electron chi connectivity index (χ1n) is 2.03. The highest BCUT2D eigenvalue weighted by molar-refractivity contribution is 8.32. The number of rotatable bonds is 2. The van der Waals surface area contributed by atoms with Gasteiger partial charge in [-0.05, 0) is 12.5 Å². The molecule has 0 spiro atoms. The highest BCUT2D eigenvalue weighted by Crippen LogP contribution is 2.74. The van der Waals surface area contributed by atoms with Crippen LogP contribution in [0.5, 0.6) is 0 Å². The normalized spacial score (nSPS) is 11.5. The minimum absolute atomic E-state index is 0.539. The molecule has 0 rings (SSSR count). The van der Waals surface area contributed by atoms with Crippen molar-refractivity contribution in [3.05, 3.63) is 12.2 Å². The number of hydrogen-bond acceptors (Lipinski definition) is 0. The quantitative estimate of drug-likeness (QED) is 0.457. The maximum absolute atomic E-state index is 5.51. The van der Waals surface area contributed by atoms with E-state index in [4.69, 9.17) is 33.7 Å². The fourth-order valence-corrected chi connectivity index (χ4v) is 2.75. The molecule has 48 valence electrons. The van der Waals surface area contributed by atoms with Gasteiger partial charge in [0.15, 0.2) is 0 Å². The van der Waals surface area contributed by atoms with Crippen LogP contribution < -0.4 is 0 Å². The summed E-state index contributed by atoms with van der Waals surface area (Å²) in [6, 6.07) is 0. The largest absolute Gasteiger partial charge is 0.311 e. The third-order valence-electron chi connectivity index (χ3n) is 0.449. The molecule has 0 unspecified atom stereocenters. The van der Waals surface area contributed by atoms with Crippen LogP contribution in [-0.2, 0) is 0 Å². The molecule has 0 aromatic rings. The second-order valence-electron chi connectivity index (χ2n) is 1.67. The van der Waals surface area contributed by atoms with Crippen molar-refractivity contribution in [3.8, 4) is 0 Å². The van der Waals surface area contributed by atoms with Gasteiger partial charge < -0.3 is 0 Å². The van der Waals surface area contributed by atoms with E-state index in [0.29, 0.717) is 6.16 Å². The van der Waals surface area contributed by atoms with Crippen LogP contribution in [0.15, 0.2) is 12.2 Å². The van der Waals surface area contributed by atoms with E-state index in [2.05, 4.69) is 6.58 Å². The predicted octanol–water partition coefficient (Wildman–Crippen LogP) is 4.04. The van der Waals surface area contributed by atoms with Crippen molar-refractivity contribution in [3.63, 3.8) is 0 Å². The molecular weight excluding hydrogens is 185 g/mol. The van der Waals surface area contributed by atoms with Gasteiger partial charge in [0.25, 0.3) is 0 Å². The summed E-state index contributed by atoms with van der Waals surface area (Å²) in [6.45, 7) is 5.46. The van der Waals surface area contributed by atoms with Gasteiger partial charge in [0.2, 0.25) is 0 Å². The highest BCUT2D eigenvalue weighted by Gasteiger charge is 2.31. The zero-order valence-electron chi connectivity index (χ0n) is 4.50. The van der Waals surface area contributed by atoms with Gasteiger partial charge in [-0.2, -0.15) is 0 Å². The van der Waals surface area contributed by atoms with E-state index < -0.39 is 5.32 Å². The molecule has 0 amide bonds. The number of allylic oxidation sites excluding steroid dienone is 1. The summed E-state index contributed by atoms with van der Waals surface area (Å²) in [6.07, 6.45) is 0.539. The lowest BCUT2D eigenvalue weighted by Crippen LogP contribution is -1.77. The topological polar surface area (TPSA) is 0 Å². The lowest BCUT2D eigenvalue weighted by Gasteiger charge is -1.96. The van der Waals surface area contributed by atoms with E-state index in [-0.39, 0.29) is 0 Å². The second kappa shape index (κ2) is 3.27. The van der Waals surface area contributed by atoms with Gasteiger partial charge in [-0.25, -0.2) is 0 Å². The molecule has 0 aliphatic rings. The van der Waals surface area contributed by atoms with Gasteiger partial charge in [-0.15, -0.1) is 0 Å². The molecule has 0 radical (unpaired) electrons. The van der Waals surface area contributed by atoms with Crippen LogP contribution in [0.3, 0.4) is 0 Å². The first kappa shape index (κ1) is 9.04. The van der Waals surface area contributed by atoms with Crippen molar-refractivity contribution in [2.75, 3.05) is 6.16 Å². The first-order chi connectivity index (χ1) is 3.42. The van der Waals surface area contributed by atoms with Gasteiger partial charge in [-0.3, -0.25) is 0 Å². The standard InChI is InChI=1S/C4H7Cl3P/c1-4(2)3-8(5,6)7/h1,3H2,2H3/q+1. The Balaban J connectivity index is 3.55. The molecule has 0 aromatic heterocycles. The maximum atomic E-state index is 5.51. The third-order valence-corrected chi connectivity index (χ3v) is 2.42. The summed E-state index contributed by atoms with van der Waals surface area (Å²) in [5, 5.41) is -2.15. The summed E-state index contributed by atoms with van der Waals surface area (Å²) in [5.41, 5.74) is 0.929. The molecule has 0 fully saturated rings. The summed E-state index contributed by atoms with van der Waals surface area (Å²) in [5.74, 6) is 0. The van der Waals surface area contributed by atoms with Crippen LogP contribution in [0.4, 0.5) is 0 Å². The van der Waals surface area contributed by atoms with E-state index in [1.807, 2.05) is 6.92 Å². The Kier molecular flexibility index (Phi) is 3.69. The van der Waals surface area contributed by atoms with Crippen molar-refractivity contribution >= 4 is 39.0 Å². The minimum Gasteiger partial charge on any atom is -0.0964 e. The Hall–Kier alpha value is 1.04. The molecule has 0 aromatic carbocycles. The third kappa shape index (κ3) is 7.04. The molecule has 0 bridgehead atoms. The summed E-state index contributed by atoms with van der Waals surface area (Å²) in [7, 11) is 0. The van der Waals surface area contributed by atoms with Crippen LogP contribution in [0.25, 0.3) is 0 Å². The van der Waals surface area contributed by atoms with Gasteiger partial charge in [0, 0.05) is 0 Å². The molecular formula is C4H7Cl3P+. The maximum Gasteiger partial charge on any atom is 0.311 e. The molecule has 4 heteroatoms. The van der Waals surface area contributed by atoms with Crippen LogP contribution >= 0.6 is 39.0 Å². The van der Waals surface area contributed by atoms with Crippen molar-refractivity contribution in [2.24, 2.45) is 0 Å². The van der Waals surface area contributed by atoms with E-state index in [1.165, 1.54) is 0 Å². The zero-order chi connectivity index (χ0) is 6.78. The monoisotopic (exact) mass is 191 g/mol. The highest BCUT2D eigenvalue weighted by atomic mass is 36.1. The van der Waals surface area contributed by atoms with Crippen LogP contribution in [-0.4, -0.2) is 6.16 Å². The van der Waals surface area contributed by atoms with Gasteiger partial charge in [0.1, 0.15) is 39.9 Å². The van der Waals surface area contributed by atoms with Gasteiger partial charge >= 0.3 is 5.32 Å². The Morgan fingerprint density at radius 3 is 1.88 bits per heavy atom. The van der Waals surface area contributed by atoms with Crippen molar-refractivity contribution < 1.29 is 0 Å². The Bertz CT molecular complexity index is 93.9. The first-order valence-corrected chi connectivity index (χ1v) is 6.72. The van der Waals surface area contributed by atoms with Gasteiger partial charge in [0.05, 0.1) is 0 Å². The smallest absolute Gasteiger partial charge is 0.0964 e. The van der Waals surface area contributed by atoms with Crippen LogP contribution in [0, 0.1) is 0 Å². The lowest BCUT2D eigenvalue weighted by atomic mass is 10.4. The SMILES string of the molecule is C=C(C)C[P+](Cl)(Cl)Cl. The second-order valence-corrected chi connectivity index (χ2v) is 9.83. The van der Waals surface area contributed by atoms with E-state index in [1.54, 1.807) is 0 Å². The molecule has 0 saturated carbocycles. The number of hydrogen-bond donors (Lipinski definition) is 0. The van der Waals surface area contributed by atoms with E-state index in [9.17, 15) is 0 Å². The zero-order valence-corrected chi connectivity index (χ0v) is 7.66. The molecule has 0 aliphatic heterocycles. The average Bonchev–Trinajstić information content (AvgIpc) is 1.21. The molecule has 0 N–H and O–H groups in total. The summed E-state index contributed by atoms with van der Waals surface area (Å²) < 4.78 is 0. The van der Waals surface area contributed by atoms with E-state index in [0.717, 1.165) is 5.57 Å². The molecule has 0 saturated heterocycles. The molecule has 0 heterocycles. The molecule has 0 nitrogen and oxygen atoms in total. The van der Waals surface area contributed by atoms with Crippen LogP contribution in [0.2, 0.25) is 0 Å². The predicted molar refractivity (Wildman–Crippen MR) is 44.2 cm³/mol. The van der Waals surface area contributed by atoms with E-state index >= 15 is 0 Å². The lowest BCUT2D eigenvalue weighted by molar-refractivity contribution is 1.44. The van der Waals surface area contributed by atoms with Crippen molar-refractivity contribution in [1.82, 2.24) is 0 Å².